The van der Waals surface area contributed by atoms with Crippen molar-refractivity contribution in [2.24, 2.45) is 11.8 Å². The predicted octanol–water partition coefficient (Wildman–Crippen LogP) is 4.82. The van der Waals surface area contributed by atoms with Crippen LogP contribution in [-0.2, 0) is 16.0 Å². The van der Waals surface area contributed by atoms with Gasteiger partial charge in [-0.2, -0.15) is 0 Å². The molecule has 0 spiro atoms. The molecular formula is C28H37Cl3N3O3P. The molecule has 2 aromatic carbocycles. The second kappa shape index (κ2) is 13.4. The normalized spacial score (nSPS) is 23.9. The Bertz CT molecular complexity index is 1060. The van der Waals surface area contributed by atoms with E-state index < -0.39 is 15.2 Å². The summed E-state index contributed by atoms with van der Waals surface area (Å²) in [6.07, 6.45) is 2.45. The van der Waals surface area contributed by atoms with Gasteiger partial charge in [0.1, 0.15) is 5.75 Å². The van der Waals surface area contributed by atoms with Crippen molar-refractivity contribution in [1.29, 1.82) is 0 Å². The number of nitrogens with zero attached hydrogens (tertiary/aromatic N) is 1. The zero-order chi connectivity index (χ0) is 27.2. The second-order valence-electron chi connectivity index (χ2n) is 10.3. The first-order chi connectivity index (χ1) is 18.1. The van der Waals surface area contributed by atoms with Crippen molar-refractivity contribution < 1.29 is 14.3 Å². The highest BCUT2D eigenvalue weighted by molar-refractivity contribution is 7.27. The Morgan fingerprint density at radius 2 is 1.92 bits per heavy atom. The summed E-state index contributed by atoms with van der Waals surface area (Å²) < 4.78 is 9.41. The molecule has 1 amide bonds. The van der Waals surface area contributed by atoms with Gasteiger partial charge in [0, 0.05) is 43.5 Å². The Kier molecular flexibility index (Phi) is 10.5. The lowest BCUT2D eigenvalue weighted by atomic mass is 9.57. The zero-order valence-electron chi connectivity index (χ0n) is 21.7. The van der Waals surface area contributed by atoms with Crippen molar-refractivity contribution in [1.82, 2.24) is 10.2 Å². The second-order valence-corrected chi connectivity index (χ2v) is 13.3. The molecule has 208 valence electrons. The van der Waals surface area contributed by atoms with Crippen LogP contribution in [0.1, 0.15) is 25.3 Å². The van der Waals surface area contributed by atoms with Crippen molar-refractivity contribution in [2.45, 2.75) is 35.5 Å². The molecule has 1 saturated heterocycles. The number of ether oxygens (including phenoxy) is 2. The van der Waals surface area contributed by atoms with E-state index in [0.29, 0.717) is 18.9 Å². The fourth-order valence-electron chi connectivity index (χ4n) is 5.36. The van der Waals surface area contributed by atoms with Crippen molar-refractivity contribution >= 4 is 60.9 Å². The summed E-state index contributed by atoms with van der Waals surface area (Å²) in [7, 11) is 2.69. The maximum atomic E-state index is 12.6. The number of morpholine rings is 1. The summed E-state index contributed by atoms with van der Waals surface area (Å²) in [4.78, 5) is 15.1. The average molecular weight is 601 g/mol. The molecule has 4 unspecified atom stereocenters. The first-order valence-electron chi connectivity index (χ1n) is 13.2. The number of anilines is 1. The summed E-state index contributed by atoms with van der Waals surface area (Å²) in [5.41, 5.74) is 1.68. The van der Waals surface area contributed by atoms with Gasteiger partial charge >= 0.3 is 0 Å². The molecule has 1 saturated carbocycles. The van der Waals surface area contributed by atoms with Crippen LogP contribution in [0.2, 0.25) is 0 Å². The van der Waals surface area contributed by atoms with Gasteiger partial charge in [-0.05, 0) is 54.1 Å². The summed E-state index contributed by atoms with van der Waals surface area (Å²) in [6, 6.07) is 16.3. The van der Waals surface area contributed by atoms with E-state index in [9.17, 15) is 4.79 Å². The number of amides is 1. The molecule has 1 aliphatic carbocycles. The molecule has 4 atom stereocenters. The summed E-state index contributed by atoms with van der Waals surface area (Å²) in [6.45, 7) is 8.28. The molecule has 4 rings (SSSR count). The first kappa shape index (κ1) is 29.7. The number of hydrogen-bond acceptors (Lipinski definition) is 5. The molecule has 10 heteroatoms. The van der Waals surface area contributed by atoms with Crippen LogP contribution in [0.15, 0.2) is 48.5 Å². The van der Waals surface area contributed by atoms with Gasteiger partial charge in [-0.25, -0.2) is 0 Å². The van der Waals surface area contributed by atoms with E-state index in [0.717, 1.165) is 74.5 Å². The molecule has 6 nitrogen and oxygen atoms in total. The highest BCUT2D eigenvalue weighted by Gasteiger charge is 2.53. The van der Waals surface area contributed by atoms with E-state index in [1.807, 2.05) is 36.4 Å². The van der Waals surface area contributed by atoms with Crippen molar-refractivity contribution in [3.8, 4) is 5.75 Å². The fraction of sp³-hybridized carbons (Fsp3) is 0.536. The quantitative estimate of drug-likeness (QED) is 0.220. The van der Waals surface area contributed by atoms with E-state index in [4.69, 9.17) is 44.3 Å². The van der Waals surface area contributed by atoms with E-state index >= 15 is 0 Å². The standard InChI is InChI=1S/C28H37Cl3N3O3P/c1-20-22(18-27(20,33-26(35)28(29,30)31)17-21-6-8-25(38)9-7-21)19-32-23-4-2-5-24(16-23)37-13-3-10-34-11-14-36-15-12-34/h2,4-9,16,20,22,32H,3,10-15,17-19,38H2,1H3,(H,33,35). The topological polar surface area (TPSA) is 62.8 Å². The van der Waals surface area contributed by atoms with Crippen LogP contribution in [0, 0.1) is 11.8 Å². The van der Waals surface area contributed by atoms with Crippen LogP contribution >= 0.6 is 44.0 Å². The average Bonchev–Trinajstić information content (AvgIpc) is 2.90. The molecular weight excluding hydrogens is 564 g/mol. The maximum absolute atomic E-state index is 12.6. The number of carbonyl (C=O) groups is 1. The number of rotatable bonds is 11. The molecule has 1 heterocycles. The number of nitrogens with one attached hydrogen (secondary N) is 2. The molecule has 2 aromatic rings. The number of halogens is 3. The van der Waals surface area contributed by atoms with Gasteiger partial charge in [-0.15, -0.1) is 9.24 Å². The van der Waals surface area contributed by atoms with Crippen molar-refractivity contribution in [3.63, 3.8) is 0 Å². The lowest BCUT2D eigenvalue weighted by molar-refractivity contribution is -0.126. The summed E-state index contributed by atoms with van der Waals surface area (Å²) in [5.74, 6) is 0.814. The Labute approximate surface area is 243 Å². The van der Waals surface area contributed by atoms with Gasteiger partial charge in [-0.1, -0.05) is 72.1 Å². The lowest BCUT2D eigenvalue weighted by Gasteiger charge is -2.55. The van der Waals surface area contributed by atoms with Crippen molar-refractivity contribution in [3.05, 3.63) is 54.1 Å². The maximum Gasteiger partial charge on any atom is 0.272 e. The van der Waals surface area contributed by atoms with Crippen LogP contribution in [0.3, 0.4) is 0 Å². The molecule has 0 aromatic heterocycles. The minimum absolute atomic E-state index is 0.182. The Morgan fingerprint density at radius 1 is 1.18 bits per heavy atom. The molecule has 2 aliphatic rings. The van der Waals surface area contributed by atoms with E-state index in [-0.39, 0.29) is 5.92 Å². The molecule has 2 fully saturated rings. The SMILES string of the molecule is CC1C(CNc2cccc(OCCCN3CCOCC3)c2)CC1(Cc1ccc(P)cc1)NC(=O)C(Cl)(Cl)Cl. The minimum Gasteiger partial charge on any atom is -0.493 e. The molecule has 2 N–H and O–H groups in total. The van der Waals surface area contributed by atoms with Gasteiger partial charge in [-0.3, -0.25) is 9.69 Å². The number of hydrogen-bond donors (Lipinski definition) is 2. The van der Waals surface area contributed by atoms with Crippen LogP contribution in [0.4, 0.5) is 5.69 Å². The van der Waals surface area contributed by atoms with Gasteiger partial charge in [0.2, 0.25) is 0 Å². The lowest BCUT2D eigenvalue weighted by Crippen LogP contribution is -2.67. The summed E-state index contributed by atoms with van der Waals surface area (Å²) >= 11 is 17.7. The van der Waals surface area contributed by atoms with Gasteiger partial charge in [0.25, 0.3) is 9.70 Å². The Morgan fingerprint density at radius 3 is 2.61 bits per heavy atom. The van der Waals surface area contributed by atoms with E-state index in [1.54, 1.807) is 0 Å². The monoisotopic (exact) mass is 599 g/mol. The third-order valence-electron chi connectivity index (χ3n) is 7.72. The van der Waals surface area contributed by atoms with Crippen LogP contribution in [0.5, 0.6) is 5.75 Å². The molecule has 38 heavy (non-hydrogen) atoms. The van der Waals surface area contributed by atoms with Gasteiger partial charge < -0.3 is 20.1 Å². The van der Waals surface area contributed by atoms with Crippen LogP contribution in [0.25, 0.3) is 0 Å². The van der Waals surface area contributed by atoms with Crippen molar-refractivity contribution in [2.75, 3.05) is 51.3 Å². The zero-order valence-corrected chi connectivity index (χ0v) is 25.2. The molecule has 1 aliphatic heterocycles. The number of alkyl halides is 3. The number of carbonyl (C=O) groups excluding carboxylic acids is 1. The largest absolute Gasteiger partial charge is 0.493 e. The number of benzene rings is 2. The first-order valence-corrected chi connectivity index (χ1v) is 14.9. The predicted molar refractivity (Wildman–Crippen MR) is 160 cm³/mol. The van der Waals surface area contributed by atoms with Gasteiger partial charge in [0.05, 0.1) is 19.8 Å². The molecule has 0 radical (unpaired) electrons. The van der Waals surface area contributed by atoms with Crippen LogP contribution < -0.4 is 20.7 Å². The highest BCUT2D eigenvalue weighted by atomic mass is 35.6. The highest BCUT2D eigenvalue weighted by Crippen LogP contribution is 2.47. The van der Waals surface area contributed by atoms with E-state index in [2.05, 4.69) is 43.8 Å². The minimum atomic E-state index is -2.00. The third kappa shape index (κ3) is 8.13. The van der Waals surface area contributed by atoms with Crippen LogP contribution in [-0.4, -0.2) is 66.1 Å². The third-order valence-corrected chi connectivity index (χ3v) is 8.62. The Balaban J connectivity index is 1.30. The van der Waals surface area contributed by atoms with Gasteiger partial charge in [0.15, 0.2) is 0 Å². The Hall–Kier alpha value is -1.27. The fourth-order valence-corrected chi connectivity index (χ4v) is 5.69. The smallest absolute Gasteiger partial charge is 0.272 e. The van der Waals surface area contributed by atoms with E-state index in [1.165, 1.54) is 0 Å². The molecule has 0 bridgehead atoms. The summed E-state index contributed by atoms with van der Waals surface area (Å²) in [5, 5.41) is 7.74.